The van der Waals surface area contributed by atoms with Gasteiger partial charge in [-0.15, -0.1) is 0 Å². The maximum absolute atomic E-state index is 11.7. The molecule has 2 rings (SSSR count). The van der Waals surface area contributed by atoms with E-state index in [0.717, 1.165) is 16.9 Å². The molecule has 0 fully saturated rings. The van der Waals surface area contributed by atoms with E-state index in [4.69, 9.17) is 15.2 Å². The molecule has 2 aromatic carbocycles. The van der Waals surface area contributed by atoms with Crippen LogP contribution in [0.15, 0.2) is 48.5 Å². The summed E-state index contributed by atoms with van der Waals surface area (Å²) in [5.74, 6) is 0.729. The molecule has 21 heavy (non-hydrogen) atoms. The minimum absolute atomic E-state index is 0.180. The second-order valence-corrected chi connectivity index (χ2v) is 4.46. The van der Waals surface area contributed by atoms with E-state index in [0.29, 0.717) is 12.2 Å². The Morgan fingerprint density at radius 2 is 1.90 bits per heavy atom. The number of anilines is 1. The second-order valence-electron chi connectivity index (χ2n) is 4.46. The Labute approximate surface area is 123 Å². The molecule has 0 bridgehead atoms. The SMILES string of the molecule is COc1cccc(COC(=O)Nc2cccc(CN)c2)c1. The lowest BCUT2D eigenvalue weighted by atomic mass is 10.2. The lowest BCUT2D eigenvalue weighted by Gasteiger charge is -2.09. The number of hydrogen-bond acceptors (Lipinski definition) is 4. The lowest BCUT2D eigenvalue weighted by Crippen LogP contribution is -2.13. The van der Waals surface area contributed by atoms with Crippen molar-refractivity contribution in [1.29, 1.82) is 0 Å². The van der Waals surface area contributed by atoms with Crippen molar-refractivity contribution in [3.05, 3.63) is 59.7 Å². The van der Waals surface area contributed by atoms with Crippen LogP contribution in [0, 0.1) is 0 Å². The van der Waals surface area contributed by atoms with Gasteiger partial charge in [0.05, 0.1) is 7.11 Å². The van der Waals surface area contributed by atoms with Crippen molar-refractivity contribution in [3.8, 4) is 5.75 Å². The lowest BCUT2D eigenvalue weighted by molar-refractivity contribution is 0.155. The van der Waals surface area contributed by atoms with Gasteiger partial charge in [-0.05, 0) is 35.4 Å². The number of nitrogens with one attached hydrogen (secondary N) is 1. The number of carbonyl (C=O) groups excluding carboxylic acids is 1. The van der Waals surface area contributed by atoms with E-state index in [2.05, 4.69) is 5.32 Å². The maximum atomic E-state index is 11.7. The molecule has 0 saturated heterocycles. The summed E-state index contributed by atoms with van der Waals surface area (Å²) in [4.78, 5) is 11.7. The number of methoxy groups -OCH3 is 1. The van der Waals surface area contributed by atoms with Crippen molar-refractivity contribution < 1.29 is 14.3 Å². The summed E-state index contributed by atoms with van der Waals surface area (Å²) in [5.41, 5.74) is 8.02. The molecular formula is C16H18N2O3. The number of carbonyl (C=O) groups is 1. The van der Waals surface area contributed by atoms with Crippen molar-refractivity contribution >= 4 is 11.8 Å². The van der Waals surface area contributed by atoms with Gasteiger partial charge < -0.3 is 15.2 Å². The summed E-state index contributed by atoms with van der Waals surface area (Å²) in [6.45, 7) is 0.605. The van der Waals surface area contributed by atoms with Crippen LogP contribution in [-0.4, -0.2) is 13.2 Å². The molecule has 5 heteroatoms. The predicted molar refractivity (Wildman–Crippen MR) is 81.1 cm³/mol. The Balaban J connectivity index is 1.89. The van der Waals surface area contributed by atoms with Gasteiger partial charge in [0, 0.05) is 12.2 Å². The van der Waals surface area contributed by atoms with Gasteiger partial charge in [-0.3, -0.25) is 5.32 Å². The van der Waals surface area contributed by atoms with Crippen LogP contribution >= 0.6 is 0 Å². The zero-order valence-corrected chi connectivity index (χ0v) is 11.8. The van der Waals surface area contributed by atoms with Gasteiger partial charge in [-0.25, -0.2) is 4.79 Å². The highest BCUT2D eigenvalue weighted by atomic mass is 16.5. The highest BCUT2D eigenvalue weighted by Crippen LogP contribution is 2.14. The van der Waals surface area contributed by atoms with Crippen LogP contribution in [-0.2, 0) is 17.9 Å². The normalized spacial score (nSPS) is 10.0. The third kappa shape index (κ3) is 4.50. The largest absolute Gasteiger partial charge is 0.497 e. The molecule has 0 aromatic heterocycles. The van der Waals surface area contributed by atoms with E-state index in [1.54, 1.807) is 13.2 Å². The van der Waals surface area contributed by atoms with Gasteiger partial charge >= 0.3 is 6.09 Å². The predicted octanol–water partition coefficient (Wildman–Crippen LogP) is 2.90. The van der Waals surface area contributed by atoms with Crippen LogP contribution in [0.2, 0.25) is 0 Å². The topological polar surface area (TPSA) is 73.6 Å². The zero-order valence-electron chi connectivity index (χ0n) is 11.8. The summed E-state index contributed by atoms with van der Waals surface area (Å²) in [7, 11) is 1.59. The van der Waals surface area contributed by atoms with Gasteiger partial charge in [0.15, 0.2) is 0 Å². The molecule has 5 nitrogen and oxygen atoms in total. The summed E-state index contributed by atoms with van der Waals surface area (Å²) in [6, 6.07) is 14.7. The summed E-state index contributed by atoms with van der Waals surface area (Å²) in [6.07, 6.45) is -0.507. The standard InChI is InChI=1S/C16H18N2O3/c1-20-15-7-3-5-13(9-15)11-21-16(19)18-14-6-2-4-12(8-14)10-17/h2-9H,10-11,17H2,1H3,(H,18,19). The quantitative estimate of drug-likeness (QED) is 0.886. The van der Waals surface area contributed by atoms with Gasteiger partial charge in [-0.1, -0.05) is 24.3 Å². The first-order valence-corrected chi connectivity index (χ1v) is 6.57. The molecule has 0 aliphatic carbocycles. The number of hydrogen-bond donors (Lipinski definition) is 2. The third-order valence-electron chi connectivity index (χ3n) is 2.91. The Bertz CT molecular complexity index is 614. The molecule has 0 spiro atoms. The van der Waals surface area contributed by atoms with Gasteiger partial charge in [-0.2, -0.15) is 0 Å². The van der Waals surface area contributed by atoms with Gasteiger partial charge in [0.1, 0.15) is 12.4 Å². The molecule has 0 saturated carbocycles. The summed E-state index contributed by atoms with van der Waals surface area (Å²) >= 11 is 0. The third-order valence-corrected chi connectivity index (χ3v) is 2.91. The average Bonchev–Trinajstić information content (AvgIpc) is 2.53. The van der Waals surface area contributed by atoms with Crippen molar-refractivity contribution in [1.82, 2.24) is 0 Å². The molecule has 0 aliphatic rings. The fraction of sp³-hybridized carbons (Fsp3) is 0.188. The smallest absolute Gasteiger partial charge is 0.411 e. The second kappa shape index (κ2) is 7.31. The van der Waals surface area contributed by atoms with Crippen LogP contribution in [0.5, 0.6) is 5.75 Å². The fourth-order valence-electron chi connectivity index (χ4n) is 1.84. The molecule has 0 aliphatic heterocycles. The Kier molecular flexibility index (Phi) is 5.17. The van der Waals surface area contributed by atoms with E-state index < -0.39 is 6.09 Å². The van der Waals surface area contributed by atoms with Crippen LogP contribution in [0.3, 0.4) is 0 Å². The highest BCUT2D eigenvalue weighted by Gasteiger charge is 2.05. The maximum Gasteiger partial charge on any atom is 0.411 e. The molecule has 2 aromatic rings. The van der Waals surface area contributed by atoms with Crippen LogP contribution in [0.1, 0.15) is 11.1 Å². The molecule has 110 valence electrons. The van der Waals surface area contributed by atoms with Gasteiger partial charge in [0.2, 0.25) is 0 Å². The Hall–Kier alpha value is -2.53. The molecule has 0 radical (unpaired) electrons. The summed E-state index contributed by atoms with van der Waals surface area (Å²) < 4.78 is 10.3. The first kappa shape index (κ1) is 14.9. The van der Waals surface area contributed by atoms with Crippen LogP contribution in [0.4, 0.5) is 10.5 Å². The van der Waals surface area contributed by atoms with E-state index in [1.165, 1.54) is 0 Å². The van der Waals surface area contributed by atoms with Crippen LogP contribution < -0.4 is 15.8 Å². The average molecular weight is 286 g/mol. The van der Waals surface area contributed by atoms with Gasteiger partial charge in [0.25, 0.3) is 0 Å². The number of rotatable bonds is 5. The molecule has 3 N–H and O–H groups in total. The number of benzene rings is 2. The molecular weight excluding hydrogens is 268 g/mol. The number of amides is 1. The minimum Gasteiger partial charge on any atom is -0.497 e. The monoisotopic (exact) mass is 286 g/mol. The minimum atomic E-state index is -0.507. The number of ether oxygens (including phenoxy) is 2. The van der Waals surface area contributed by atoms with E-state index >= 15 is 0 Å². The fourth-order valence-corrected chi connectivity index (χ4v) is 1.84. The number of nitrogens with two attached hydrogens (primary N) is 1. The molecule has 0 atom stereocenters. The Morgan fingerprint density at radius 3 is 2.67 bits per heavy atom. The highest BCUT2D eigenvalue weighted by molar-refractivity contribution is 5.84. The van der Waals surface area contributed by atoms with Crippen molar-refractivity contribution in [2.75, 3.05) is 12.4 Å². The Morgan fingerprint density at radius 1 is 1.14 bits per heavy atom. The van der Waals surface area contributed by atoms with E-state index in [9.17, 15) is 4.79 Å². The molecule has 1 amide bonds. The van der Waals surface area contributed by atoms with Crippen molar-refractivity contribution in [2.24, 2.45) is 5.73 Å². The van der Waals surface area contributed by atoms with Crippen molar-refractivity contribution in [2.45, 2.75) is 13.2 Å². The first-order valence-electron chi connectivity index (χ1n) is 6.57. The van der Waals surface area contributed by atoms with Crippen LogP contribution in [0.25, 0.3) is 0 Å². The van der Waals surface area contributed by atoms with E-state index in [-0.39, 0.29) is 6.61 Å². The van der Waals surface area contributed by atoms with Crippen molar-refractivity contribution in [3.63, 3.8) is 0 Å². The molecule has 0 heterocycles. The summed E-state index contributed by atoms with van der Waals surface area (Å²) in [5, 5.41) is 2.67. The van der Waals surface area contributed by atoms with E-state index in [1.807, 2.05) is 42.5 Å². The first-order chi connectivity index (χ1) is 10.2. The zero-order chi connectivity index (χ0) is 15.1. The molecule has 0 unspecified atom stereocenters.